The van der Waals surface area contributed by atoms with Gasteiger partial charge in [-0.25, -0.2) is 9.97 Å². The third-order valence-corrected chi connectivity index (χ3v) is 12.7. The zero-order valence-corrected chi connectivity index (χ0v) is 31.7. The van der Waals surface area contributed by atoms with Crippen LogP contribution >= 0.6 is 0 Å². The average molecular weight is 747 g/mol. The fourth-order valence-electron chi connectivity index (χ4n) is 9.79. The summed E-state index contributed by atoms with van der Waals surface area (Å²) in [5.41, 5.74) is 14.4. The van der Waals surface area contributed by atoms with Gasteiger partial charge in [-0.15, -0.1) is 0 Å². The van der Waals surface area contributed by atoms with Gasteiger partial charge >= 0.3 is 0 Å². The molecule has 2 aliphatic rings. The molecule has 8 nitrogen and oxygen atoms in total. The summed E-state index contributed by atoms with van der Waals surface area (Å²) in [6.45, 7) is 4.71. The molecule has 0 saturated heterocycles. The van der Waals surface area contributed by atoms with Gasteiger partial charge in [0.15, 0.2) is 0 Å². The van der Waals surface area contributed by atoms with E-state index >= 15 is 0 Å². The summed E-state index contributed by atoms with van der Waals surface area (Å²) in [5, 5.41) is 0. The molecule has 0 amide bonds. The first-order chi connectivity index (χ1) is 28.5. The van der Waals surface area contributed by atoms with Gasteiger partial charge < -0.3 is 0 Å². The first-order valence-corrected chi connectivity index (χ1v) is 19.5. The highest BCUT2D eigenvalue weighted by atomic mass is 15.1. The van der Waals surface area contributed by atoms with Gasteiger partial charge in [-0.1, -0.05) is 111 Å². The van der Waals surface area contributed by atoms with E-state index in [1.54, 1.807) is 0 Å². The maximum absolute atomic E-state index is 5.29. The number of para-hydroxylation sites is 4. The molecular formula is C50H34N8. The molecule has 0 fully saturated rings. The molecule has 0 spiro atoms. The highest BCUT2D eigenvalue weighted by Crippen LogP contribution is 2.64. The predicted octanol–water partition coefficient (Wildman–Crippen LogP) is 10.6. The molecule has 6 aromatic heterocycles. The van der Waals surface area contributed by atoms with E-state index in [0.717, 1.165) is 101 Å². The number of benzene rings is 4. The third kappa shape index (κ3) is 4.28. The first kappa shape index (κ1) is 32.6. The van der Waals surface area contributed by atoms with Crippen molar-refractivity contribution in [2.45, 2.75) is 24.7 Å². The number of pyridine rings is 4. The second-order valence-electron chi connectivity index (χ2n) is 15.5. The van der Waals surface area contributed by atoms with Gasteiger partial charge in [0.2, 0.25) is 0 Å². The number of hydrogen-bond donors (Lipinski definition) is 0. The molecule has 0 radical (unpaired) electrons. The summed E-state index contributed by atoms with van der Waals surface area (Å²) in [6, 6.07) is 50.5. The molecule has 0 N–H and O–H groups in total. The highest BCUT2D eigenvalue weighted by Gasteiger charge is 2.59. The van der Waals surface area contributed by atoms with Crippen molar-refractivity contribution < 1.29 is 0 Å². The Kier molecular flexibility index (Phi) is 6.73. The van der Waals surface area contributed by atoms with E-state index in [9.17, 15) is 0 Å². The monoisotopic (exact) mass is 746 g/mol. The summed E-state index contributed by atoms with van der Waals surface area (Å²) in [4.78, 5) is 31.0. The van der Waals surface area contributed by atoms with Crippen molar-refractivity contribution in [1.82, 2.24) is 39.0 Å². The second kappa shape index (κ2) is 12.0. The number of hydrogen-bond acceptors (Lipinski definition) is 6. The van der Waals surface area contributed by atoms with E-state index in [1.165, 1.54) is 0 Å². The quantitative estimate of drug-likeness (QED) is 0.174. The molecule has 8 heteroatoms. The normalized spacial score (nSPS) is 17.6. The number of aromatic nitrogens is 8. The molecule has 2 aliphatic carbocycles. The standard InChI is InChI=1S/C50H34N8/c1-49(35-19-13-25-51-43(35)45-37(49)27-33(29-53-45)57-41-23-11-9-21-39(41)55-47(57)31-15-5-3-6-16-31)50(2)36-20-14-26-52-44(36)46-38(50)28-34(30-54-46)58-42-24-12-10-22-40(42)56-48(58)32-17-7-4-8-18-32/h3-30H,1-2H3. The lowest BCUT2D eigenvalue weighted by atomic mass is 9.57. The van der Waals surface area contributed by atoms with Gasteiger partial charge in [0.05, 0.1) is 68.6 Å². The molecule has 58 heavy (non-hydrogen) atoms. The maximum Gasteiger partial charge on any atom is 0.145 e. The van der Waals surface area contributed by atoms with Crippen molar-refractivity contribution in [3.63, 3.8) is 0 Å². The van der Waals surface area contributed by atoms with Crippen molar-refractivity contribution in [3.8, 4) is 56.9 Å². The molecular weight excluding hydrogens is 713 g/mol. The number of nitrogens with zero attached hydrogens (tertiary/aromatic N) is 8. The summed E-state index contributed by atoms with van der Waals surface area (Å²) in [5.74, 6) is 1.72. The molecule has 6 heterocycles. The zero-order valence-electron chi connectivity index (χ0n) is 31.7. The Morgan fingerprint density at radius 1 is 0.397 bits per heavy atom. The Morgan fingerprint density at radius 3 is 1.24 bits per heavy atom. The van der Waals surface area contributed by atoms with Crippen LogP contribution in [0.2, 0.25) is 0 Å². The Balaban J connectivity index is 1.13. The molecule has 274 valence electrons. The van der Waals surface area contributed by atoms with E-state index in [2.05, 4.69) is 132 Å². The van der Waals surface area contributed by atoms with Crippen LogP contribution in [0.3, 0.4) is 0 Å². The van der Waals surface area contributed by atoms with E-state index in [0.29, 0.717) is 0 Å². The summed E-state index contributed by atoms with van der Waals surface area (Å²) in [6.07, 6.45) is 7.68. The average Bonchev–Trinajstić information content (AvgIpc) is 4.01. The van der Waals surface area contributed by atoms with E-state index in [4.69, 9.17) is 29.9 Å². The third-order valence-electron chi connectivity index (χ3n) is 12.7. The SMILES string of the molecule is CC1(C2(C)c3cccnc3-c3ncc(-n4c(-c5ccccc5)nc5ccccc54)cc32)c2cccnc2-c2ncc(-n3c(-c4ccccc4)nc4ccccc43)cc21. The summed E-state index contributed by atoms with van der Waals surface area (Å²) < 4.78 is 4.48. The van der Waals surface area contributed by atoms with Crippen LogP contribution in [0.1, 0.15) is 36.1 Å². The van der Waals surface area contributed by atoms with Gasteiger partial charge in [-0.3, -0.25) is 29.1 Å². The molecule has 10 aromatic rings. The fraction of sp³-hybridized carbons (Fsp3) is 0.0800. The lowest BCUT2D eigenvalue weighted by molar-refractivity contribution is 0.374. The summed E-state index contributed by atoms with van der Waals surface area (Å²) >= 11 is 0. The topological polar surface area (TPSA) is 87.2 Å². The van der Waals surface area contributed by atoms with Gasteiger partial charge in [-0.2, -0.15) is 0 Å². The van der Waals surface area contributed by atoms with Crippen molar-refractivity contribution in [2.75, 3.05) is 0 Å². The predicted molar refractivity (Wildman–Crippen MR) is 228 cm³/mol. The fourth-order valence-corrected chi connectivity index (χ4v) is 9.79. The highest BCUT2D eigenvalue weighted by molar-refractivity contribution is 5.88. The van der Waals surface area contributed by atoms with Crippen LogP contribution in [-0.4, -0.2) is 39.0 Å². The molecule has 12 rings (SSSR count). The van der Waals surface area contributed by atoms with Crippen LogP contribution in [0.25, 0.3) is 79.0 Å². The van der Waals surface area contributed by atoms with Crippen LogP contribution in [0.15, 0.2) is 170 Å². The van der Waals surface area contributed by atoms with Crippen LogP contribution in [0.5, 0.6) is 0 Å². The molecule has 2 unspecified atom stereocenters. The van der Waals surface area contributed by atoms with E-state index in [1.807, 2.05) is 61.2 Å². The number of rotatable bonds is 5. The molecule has 4 aromatic carbocycles. The van der Waals surface area contributed by atoms with Gasteiger partial charge in [0, 0.05) is 34.4 Å². The van der Waals surface area contributed by atoms with Crippen LogP contribution < -0.4 is 0 Å². The minimum atomic E-state index is -0.666. The van der Waals surface area contributed by atoms with Crippen molar-refractivity contribution in [2.24, 2.45) is 0 Å². The lowest BCUT2D eigenvalue weighted by Crippen LogP contribution is -2.44. The van der Waals surface area contributed by atoms with Crippen molar-refractivity contribution in [3.05, 3.63) is 193 Å². The molecule has 0 bridgehead atoms. The Bertz CT molecular complexity index is 3060. The number of fused-ring (bicyclic) bond motifs is 8. The molecule has 0 aliphatic heterocycles. The van der Waals surface area contributed by atoms with Crippen LogP contribution in [-0.2, 0) is 10.8 Å². The Hall–Kier alpha value is -7.58. The van der Waals surface area contributed by atoms with Crippen LogP contribution in [0, 0.1) is 0 Å². The first-order valence-electron chi connectivity index (χ1n) is 19.5. The zero-order chi connectivity index (χ0) is 38.6. The Morgan fingerprint density at radius 2 is 0.793 bits per heavy atom. The molecule has 2 atom stereocenters. The summed E-state index contributed by atoms with van der Waals surface area (Å²) in [7, 11) is 0. The maximum atomic E-state index is 5.29. The number of imidazole rings is 2. The lowest BCUT2D eigenvalue weighted by Gasteiger charge is -2.44. The Labute approximate surface area is 334 Å². The van der Waals surface area contributed by atoms with Gasteiger partial charge in [0.1, 0.15) is 11.6 Å². The second-order valence-corrected chi connectivity index (χ2v) is 15.5. The smallest absolute Gasteiger partial charge is 0.145 e. The van der Waals surface area contributed by atoms with Crippen molar-refractivity contribution >= 4 is 22.1 Å². The van der Waals surface area contributed by atoms with E-state index in [-0.39, 0.29) is 0 Å². The van der Waals surface area contributed by atoms with Gasteiger partial charge in [-0.05, 0) is 70.8 Å². The largest absolute Gasteiger partial charge is 0.291 e. The van der Waals surface area contributed by atoms with Crippen molar-refractivity contribution in [1.29, 1.82) is 0 Å². The minimum absolute atomic E-state index is 0.666. The molecule has 0 saturated carbocycles. The van der Waals surface area contributed by atoms with E-state index < -0.39 is 10.8 Å². The minimum Gasteiger partial charge on any atom is -0.291 e. The van der Waals surface area contributed by atoms with Crippen LogP contribution in [0.4, 0.5) is 0 Å². The van der Waals surface area contributed by atoms with Gasteiger partial charge in [0.25, 0.3) is 0 Å².